The molecule has 5 rings (SSSR count). The van der Waals surface area contributed by atoms with Gasteiger partial charge in [-0.05, 0) is 72.3 Å². The third-order valence-corrected chi connectivity index (χ3v) is 7.81. The minimum absolute atomic E-state index is 0.143. The second-order valence-electron chi connectivity index (χ2n) is 8.85. The summed E-state index contributed by atoms with van der Waals surface area (Å²) in [4.78, 5) is 27.8. The molecule has 0 aromatic heterocycles. The van der Waals surface area contributed by atoms with E-state index >= 15 is 0 Å². The van der Waals surface area contributed by atoms with Gasteiger partial charge in [-0.25, -0.2) is 9.59 Å². The molecule has 0 radical (unpaired) electrons. The molecule has 5 nitrogen and oxygen atoms in total. The molecule has 1 aliphatic heterocycles. The summed E-state index contributed by atoms with van der Waals surface area (Å²) in [5.74, 6) is 0.712. The van der Waals surface area contributed by atoms with Crippen LogP contribution in [0.4, 0.5) is 5.69 Å². The Labute approximate surface area is 187 Å². The summed E-state index contributed by atoms with van der Waals surface area (Å²) in [6.45, 7) is 0. The van der Waals surface area contributed by atoms with Gasteiger partial charge in [-0.15, -0.1) is 0 Å². The van der Waals surface area contributed by atoms with Crippen molar-refractivity contribution < 1.29 is 19.1 Å². The molecule has 2 aromatic carbocycles. The second kappa shape index (κ2) is 7.86. The van der Waals surface area contributed by atoms with Crippen LogP contribution in [0.2, 0.25) is 5.02 Å². The van der Waals surface area contributed by atoms with Crippen molar-refractivity contribution in [3.8, 4) is 0 Å². The van der Waals surface area contributed by atoms with Crippen LogP contribution >= 0.6 is 11.6 Å². The summed E-state index contributed by atoms with van der Waals surface area (Å²) >= 11 is 6.19. The normalized spacial score (nSPS) is 28.3. The van der Waals surface area contributed by atoms with Crippen LogP contribution in [0.5, 0.6) is 0 Å². The molecule has 2 fully saturated rings. The molecule has 0 spiro atoms. The molecular weight excluding hydrogens is 414 g/mol. The van der Waals surface area contributed by atoms with Crippen LogP contribution in [0.1, 0.15) is 42.3 Å². The molecule has 2 saturated carbocycles. The lowest BCUT2D eigenvalue weighted by Crippen LogP contribution is -2.55. The predicted molar refractivity (Wildman–Crippen MR) is 118 cm³/mol. The molecule has 0 N–H and O–H groups in total. The molecule has 31 heavy (non-hydrogen) atoms. The summed E-state index contributed by atoms with van der Waals surface area (Å²) in [7, 11) is 2.62. The number of para-hydroxylation sites is 1. The van der Waals surface area contributed by atoms with Gasteiger partial charge in [0.1, 0.15) is 0 Å². The zero-order valence-corrected chi connectivity index (χ0v) is 18.4. The predicted octanol–water partition coefficient (Wildman–Crippen LogP) is 4.75. The number of carbonyl (C=O) groups excluding carboxylic acids is 2. The van der Waals surface area contributed by atoms with E-state index in [9.17, 15) is 9.59 Å². The standard InChI is InChI=1S/C25H26ClNO4/c1-30-24(28)23(25(29)31-2)27-19-6-4-3-5-18(19)20-15-7-8-16(13-15)21(20)22(27)14-9-11-17(26)12-10-14/h3-6,9-12,15-16,20-23H,7-8,13H2,1-2H3/t15-,16+,20-,21-,22+/m0/s1. The van der Waals surface area contributed by atoms with E-state index in [0.29, 0.717) is 28.7 Å². The van der Waals surface area contributed by atoms with Crippen LogP contribution in [0, 0.1) is 17.8 Å². The molecule has 0 saturated heterocycles. The first kappa shape index (κ1) is 20.4. The largest absolute Gasteiger partial charge is 0.467 e. The van der Waals surface area contributed by atoms with Crippen molar-refractivity contribution >= 4 is 29.2 Å². The topological polar surface area (TPSA) is 55.8 Å². The van der Waals surface area contributed by atoms with Crippen LogP contribution in [0.3, 0.4) is 0 Å². The number of ether oxygens (including phenoxy) is 2. The van der Waals surface area contributed by atoms with Crippen LogP contribution in [-0.2, 0) is 19.1 Å². The Hall–Kier alpha value is -2.53. The molecule has 6 heteroatoms. The molecule has 3 aliphatic rings. The Balaban J connectivity index is 1.74. The lowest BCUT2D eigenvalue weighted by Gasteiger charge is -2.51. The van der Waals surface area contributed by atoms with E-state index in [1.165, 1.54) is 39.0 Å². The van der Waals surface area contributed by atoms with Crippen LogP contribution in [0.25, 0.3) is 0 Å². The highest BCUT2D eigenvalue weighted by atomic mass is 35.5. The summed E-state index contributed by atoms with van der Waals surface area (Å²) < 4.78 is 10.2. The third kappa shape index (κ3) is 3.13. The molecular formula is C25H26ClNO4. The first-order valence-electron chi connectivity index (χ1n) is 10.8. The minimum Gasteiger partial charge on any atom is -0.467 e. The highest BCUT2D eigenvalue weighted by Crippen LogP contribution is 2.65. The molecule has 2 aromatic rings. The van der Waals surface area contributed by atoms with Crippen LogP contribution < -0.4 is 4.90 Å². The van der Waals surface area contributed by atoms with E-state index < -0.39 is 18.0 Å². The van der Waals surface area contributed by atoms with Crippen molar-refractivity contribution in [2.75, 3.05) is 19.1 Å². The Kier molecular flexibility index (Phi) is 5.17. The fourth-order valence-electron chi connectivity index (χ4n) is 6.48. The van der Waals surface area contributed by atoms with E-state index in [1.807, 2.05) is 47.4 Å². The smallest absolute Gasteiger partial charge is 0.340 e. The van der Waals surface area contributed by atoms with Crippen molar-refractivity contribution in [1.29, 1.82) is 0 Å². The van der Waals surface area contributed by atoms with Gasteiger partial charge in [0, 0.05) is 10.7 Å². The Morgan fingerprint density at radius 3 is 2.29 bits per heavy atom. The van der Waals surface area contributed by atoms with Crippen molar-refractivity contribution in [3.63, 3.8) is 0 Å². The first-order valence-corrected chi connectivity index (χ1v) is 11.2. The van der Waals surface area contributed by atoms with Gasteiger partial charge in [0.05, 0.1) is 20.3 Å². The van der Waals surface area contributed by atoms with Gasteiger partial charge in [-0.2, -0.15) is 0 Å². The van der Waals surface area contributed by atoms with E-state index in [-0.39, 0.29) is 6.04 Å². The summed E-state index contributed by atoms with van der Waals surface area (Å²) in [6.07, 6.45) is 3.63. The van der Waals surface area contributed by atoms with Crippen molar-refractivity contribution in [2.24, 2.45) is 17.8 Å². The van der Waals surface area contributed by atoms with Gasteiger partial charge in [0.25, 0.3) is 0 Å². The molecule has 2 bridgehead atoms. The summed E-state index contributed by atoms with van der Waals surface area (Å²) in [5, 5.41) is 0.661. The third-order valence-electron chi connectivity index (χ3n) is 7.56. The fraction of sp³-hybridized carbons (Fsp3) is 0.440. The molecule has 0 amide bonds. The number of halogens is 1. The SMILES string of the molecule is COC(=O)C(C(=O)OC)N1c2ccccc2[C@@H]2[C@H]3CC[C@H](C3)[C@@H]2[C@H]1c1ccc(Cl)cc1. The number of nitrogens with zero attached hydrogens (tertiary/aromatic N) is 1. The minimum atomic E-state index is -1.17. The molecule has 5 atom stereocenters. The fourth-order valence-corrected chi connectivity index (χ4v) is 6.61. The summed E-state index contributed by atoms with van der Waals surface area (Å²) in [5.41, 5.74) is 3.19. The van der Waals surface area contributed by atoms with E-state index in [2.05, 4.69) is 6.07 Å². The molecule has 162 valence electrons. The first-order chi connectivity index (χ1) is 15.0. The van der Waals surface area contributed by atoms with Crippen LogP contribution in [0.15, 0.2) is 48.5 Å². The number of methoxy groups -OCH3 is 2. The number of fused-ring (bicyclic) bond motifs is 7. The number of carbonyl (C=O) groups is 2. The zero-order chi connectivity index (χ0) is 21.7. The van der Waals surface area contributed by atoms with Gasteiger partial charge in [0.15, 0.2) is 0 Å². The maximum atomic E-state index is 12.9. The van der Waals surface area contributed by atoms with Gasteiger partial charge < -0.3 is 14.4 Å². The van der Waals surface area contributed by atoms with Gasteiger partial charge >= 0.3 is 11.9 Å². The average molecular weight is 440 g/mol. The number of hydrogen-bond acceptors (Lipinski definition) is 5. The maximum absolute atomic E-state index is 12.9. The van der Waals surface area contributed by atoms with Gasteiger partial charge in [0.2, 0.25) is 6.04 Å². The van der Waals surface area contributed by atoms with Gasteiger partial charge in [-0.1, -0.05) is 41.9 Å². The summed E-state index contributed by atoms with van der Waals surface area (Å²) in [6, 6.07) is 14.7. The Morgan fingerprint density at radius 1 is 0.968 bits per heavy atom. The molecule has 1 heterocycles. The lowest BCUT2D eigenvalue weighted by molar-refractivity contribution is -0.154. The maximum Gasteiger partial charge on any atom is 0.340 e. The highest BCUT2D eigenvalue weighted by molar-refractivity contribution is 6.30. The number of hydrogen-bond donors (Lipinski definition) is 0. The van der Waals surface area contributed by atoms with E-state index in [4.69, 9.17) is 21.1 Å². The highest BCUT2D eigenvalue weighted by Gasteiger charge is 2.58. The quantitative estimate of drug-likeness (QED) is 0.508. The second-order valence-corrected chi connectivity index (χ2v) is 9.28. The number of benzene rings is 2. The Bertz CT molecular complexity index is 991. The van der Waals surface area contributed by atoms with Crippen molar-refractivity contribution in [1.82, 2.24) is 0 Å². The number of rotatable bonds is 4. The lowest BCUT2D eigenvalue weighted by atomic mass is 9.67. The molecule has 0 unspecified atom stereocenters. The van der Waals surface area contributed by atoms with E-state index in [0.717, 1.165) is 11.3 Å². The average Bonchev–Trinajstić information content (AvgIpc) is 3.42. The van der Waals surface area contributed by atoms with Crippen LogP contribution in [-0.4, -0.2) is 32.2 Å². The molecule has 2 aliphatic carbocycles. The van der Waals surface area contributed by atoms with Crippen molar-refractivity contribution in [2.45, 2.75) is 37.3 Å². The van der Waals surface area contributed by atoms with Gasteiger partial charge in [-0.3, -0.25) is 0 Å². The number of anilines is 1. The van der Waals surface area contributed by atoms with E-state index in [1.54, 1.807) is 0 Å². The van der Waals surface area contributed by atoms with Crippen molar-refractivity contribution in [3.05, 3.63) is 64.7 Å². The number of esters is 2. The Morgan fingerprint density at radius 2 is 1.61 bits per heavy atom. The monoisotopic (exact) mass is 439 g/mol. The zero-order valence-electron chi connectivity index (χ0n) is 17.7.